The Balaban J connectivity index is 1.92. The average molecular weight is 346 g/mol. The van der Waals surface area contributed by atoms with E-state index < -0.39 is 0 Å². The second-order valence-electron chi connectivity index (χ2n) is 4.72. The first-order valence-corrected chi connectivity index (χ1v) is 9.47. The Kier molecular flexibility index (Phi) is 7.18. The fraction of sp³-hybridized carbons (Fsp3) is 0.235. The molecule has 0 spiro atoms. The summed E-state index contributed by atoms with van der Waals surface area (Å²) in [6, 6.07) is 14.6. The van der Waals surface area contributed by atoms with Crippen LogP contribution in [0, 0.1) is 0 Å². The van der Waals surface area contributed by atoms with Gasteiger partial charge in [0.25, 0.3) is 9.76 Å². The summed E-state index contributed by atoms with van der Waals surface area (Å²) in [6.45, 7) is 0.552. The monoisotopic (exact) mass is 346 g/mol. The van der Waals surface area contributed by atoms with Crippen molar-refractivity contribution in [2.75, 3.05) is 12.9 Å². The summed E-state index contributed by atoms with van der Waals surface area (Å²) in [5, 5.41) is 10.1. The number of carbonyl (C=O) groups excluding carboxylic acids is 1. The molecule has 2 aromatic carbocycles. The molecule has 0 fully saturated rings. The van der Waals surface area contributed by atoms with Gasteiger partial charge in [0.15, 0.2) is 5.78 Å². The molecule has 0 saturated heterocycles. The summed E-state index contributed by atoms with van der Waals surface area (Å²) in [6.07, 6.45) is 2.77. The van der Waals surface area contributed by atoms with E-state index in [9.17, 15) is 9.90 Å². The Morgan fingerprint density at radius 2 is 2.00 bits per heavy atom. The Morgan fingerprint density at radius 1 is 1.22 bits per heavy atom. The first kappa shape index (κ1) is 17.6. The first-order valence-electron chi connectivity index (χ1n) is 7.20. The second-order valence-corrected chi connectivity index (χ2v) is 6.51. The molecule has 0 aromatic heterocycles. The summed E-state index contributed by atoms with van der Waals surface area (Å²) in [5.41, 5.74) is 0.824. The fourth-order valence-corrected chi connectivity index (χ4v) is 3.07. The Hall–Kier alpha value is -1.76. The zero-order valence-electron chi connectivity index (χ0n) is 12.8. The van der Waals surface area contributed by atoms with Crippen molar-refractivity contribution in [3.63, 3.8) is 0 Å². The van der Waals surface area contributed by atoms with Gasteiger partial charge in [-0.1, -0.05) is 30.3 Å². The highest BCUT2D eigenvalue weighted by Gasteiger charge is 2.13. The number of rotatable bonds is 9. The smallest absolute Gasteiger partial charge is 0.251 e. The van der Waals surface area contributed by atoms with Crippen molar-refractivity contribution in [2.24, 2.45) is 0 Å². The van der Waals surface area contributed by atoms with E-state index in [0.717, 1.165) is 12.5 Å². The molecule has 0 heterocycles. The van der Waals surface area contributed by atoms with Crippen LogP contribution in [0.25, 0.3) is 0 Å². The lowest BCUT2D eigenvalue weighted by Gasteiger charge is -2.09. The Morgan fingerprint density at radius 3 is 2.70 bits per heavy atom. The molecule has 0 atom stereocenters. The van der Waals surface area contributed by atoms with Crippen molar-refractivity contribution in [3.8, 4) is 11.5 Å². The van der Waals surface area contributed by atoms with Crippen molar-refractivity contribution < 1.29 is 18.5 Å². The summed E-state index contributed by atoms with van der Waals surface area (Å²) < 4.78 is 10.8. The maximum absolute atomic E-state index is 12.3. The minimum Gasteiger partial charge on any atom is -0.507 e. The largest absolute Gasteiger partial charge is 0.507 e. The third-order valence-corrected chi connectivity index (χ3v) is 4.78. The minimum absolute atomic E-state index is 0.0658. The number of hydrogen-bond acceptors (Lipinski definition) is 5. The maximum Gasteiger partial charge on any atom is 0.251 e. The van der Waals surface area contributed by atoms with E-state index in [-0.39, 0.29) is 17.1 Å². The van der Waals surface area contributed by atoms with Crippen LogP contribution in [-0.4, -0.2) is 33.5 Å². The van der Waals surface area contributed by atoms with Gasteiger partial charge in [-0.15, -0.1) is 0 Å². The molecule has 120 valence electrons. The van der Waals surface area contributed by atoms with E-state index in [2.05, 4.69) is 0 Å². The first-order chi connectivity index (χ1) is 11.2. The summed E-state index contributed by atoms with van der Waals surface area (Å²) in [4.78, 5) is 12.3. The van der Waals surface area contributed by atoms with Crippen LogP contribution in [0.15, 0.2) is 48.5 Å². The van der Waals surface area contributed by atoms with E-state index in [1.807, 2.05) is 12.3 Å². The molecule has 4 nitrogen and oxygen atoms in total. The molecule has 0 bridgehead atoms. The van der Waals surface area contributed by atoms with Crippen LogP contribution in [0.1, 0.15) is 22.3 Å². The molecule has 2 radical (unpaired) electrons. The predicted molar refractivity (Wildman–Crippen MR) is 93.3 cm³/mol. The summed E-state index contributed by atoms with van der Waals surface area (Å²) >= 11 is 1.37. The van der Waals surface area contributed by atoms with Gasteiger partial charge in [0.2, 0.25) is 0 Å². The molecule has 0 amide bonds. The molecular formula is C17H18O4SSi. The van der Waals surface area contributed by atoms with Crippen molar-refractivity contribution in [1.29, 1.82) is 0 Å². The minimum atomic E-state index is -0.204. The van der Waals surface area contributed by atoms with Gasteiger partial charge in [-0.25, -0.2) is 0 Å². The highest BCUT2D eigenvalue weighted by molar-refractivity contribution is 7.94. The lowest BCUT2D eigenvalue weighted by atomic mass is 10.0. The molecule has 0 aliphatic carbocycles. The molecular weight excluding hydrogens is 328 g/mol. The average Bonchev–Trinajstić information content (AvgIpc) is 2.58. The van der Waals surface area contributed by atoms with Gasteiger partial charge >= 0.3 is 0 Å². The van der Waals surface area contributed by atoms with Crippen molar-refractivity contribution in [3.05, 3.63) is 59.7 Å². The SMILES string of the molecule is CSO[Si]CCCOc1ccc(C(=O)c2ccccc2)c(O)c1. The van der Waals surface area contributed by atoms with Crippen molar-refractivity contribution >= 4 is 27.6 Å². The van der Waals surface area contributed by atoms with Gasteiger partial charge in [-0.2, -0.15) is 0 Å². The number of carbonyl (C=O) groups is 1. The van der Waals surface area contributed by atoms with Gasteiger partial charge in [0.05, 0.1) is 12.2 Å². The van der Waals surface area contributed by atoms with Crippen LogP contribution in [0.5, 0.6) is 11.5 Å². The molecule has 2 rings (SSSR count). The molecule has 0 aliphatic rings. The third kappa shape index (κ3) is 5.42. The van der Waals surface area contributed by atoms with Crippen LogP contribution in [0.3, 0.4) is 0 Å². The molecule has 1 N–H and O–H groups in total. The molecule has 0 unspecified atom stereocenters. The van der Waals surface area contributed by atoms with E-state index in [1.165, 1.54) is 18.1 Å². The van der Waals surface area contributed by atoms with Crippen LogP contribution >= 0.6 is 12.0 Å². The number of ether oxygens (including phenoxy) is 1. The van der Waals surface area contributed by atoms with E-state index in [0.29, 0.717) is 27.7 Å². The van der Waals surface area contributed by atoms with Crippen LogP contribution in [0.4, 0.5) is 0 Å². The molecule has 0 aliphatic heterocycles. The molecule has 0 saturated carbocycles. The zero-order chi connectivity index (χ0) is 16.5. The van der Waals surface area contributed by atoms with Gasteiger partial charge in [-0.3, -0.25) is 4.79 Å². The van der Waals surface area contributed by atoms with Crippen LogP contribution in [0.2, 0.25) is 6.04 Å². The lowest BCUT2D eigenvalue weighted by Crippen LogP contribution is -2.03. The Bertz CT molecular complexity index is 634. The Labute approximate surface area is 143 Å². The van der Waals surface area contributed by atoms with Gasteiger partial charge in [0.1, 0.15) is 11.5 Å². The highest BCUT2D eigenvalue weighted by atomic mass is 32.2. The number of benzene rings is 2. The van der Waals surface area contributed by atoms with Gasteiger partial charge < -0.3 is 13.7 Å². The maximum atomic E-state index is 12.3. The highest BCUT2D eigenvalue weighted by Crippen LogP contribution is 2.26. The standard InChI is InChI=1S/C17H18O4SSi/c1-22-21-23-11-5-10-20-14-8-9-15(16(18)12-14)17(19)13-6-3-2-4-7-13/h2-4,6-9,12,18H,5,10-11H2,1H3. The number of ketones is 1. The second kappa shape index (κ2) is 9.39. The van der Waals surface area contributed by atoms with E-state index >= 15 is 0 Å². The van der Waals surface area contributed by atoms with E-state index in [4.69, 9.17) is 8.61 Å². The molecule has 2 aromatic rings. The van der Waals surface area contributed by atoms with Gasteiger partial charge in [-0.05, 0) is 36.6 Å². The summed E-state index contributed by atoms with van der Waals surface area (Å²) in [5.74, 6) is 0.287. The summed E-state index contributed by atoms with van der Waals surface area (Å²) in [7, 11) is 0.465. The fourth-order valence-electron chi connectivity index (χ4n) is 1.97. The lowest BCUT2D eigenvalue weighted by molar-refractivity contribution is 0.103. The number of phenols is 1. The van der Waals surface area contributed by atoms with Crippen LogP contribution in [-0.2, 0) is 3.87 Å². The third-order valence-electron chi connectivity index (χ3n) is 3.08. The molecule has 23 heavy (non-hydrogen) atoms. The van der Waals surface area contributed by atoms with Crippen molar-refractivity contribution in [2.45, 2.75) is 12.5 Å². The van der Waals surface area contributed by atoms with E-state index in [1.54, 1.807) is 36.4 Å². The van der Waals surface area contributed by atoms with Crippen molar-refractivity contribution in [1.82, 2.24) is 0 Å². The molecule has 6 heteroatoms. The topological polar surface area (TPSA) is 55.8 Å². The number of aromatic hydroxyl groups is 1. The normalized spacial score (nSPS) is 10.5. The zero-order valence-corrected chi connectivity index (χ0v) is 14.6. The van der Waals surface area contributed by atoms with Gasteiger partial charge in [0, 0.05) is 17.9 Å². The number of hydrogen-bond donors (Lipinski definition) is 1. The van der Waals surface area contributed by atoms with Crippen LogP contribution < -0.4 is 4.74 Å². The number of phenolic OH excluding ortho intramolecular Hbond substituents is 1. The quantitative estimate of drug-likeness (QED) is 0.324. The predicted octanol–water partition coefficient (Wildman–Crippen LogP) is 3.72.